The number of hydrogen-bond acceptors (Lipinski definition) is 6. The third-order valence-corrected chi connectivity index (χ3v) is 12.9. The summed E-state index contributed by atoms with van der Waals surface area (Å²) in [6.45, 7) is 9.65. The third-order valence-electron chi connectivity index (χ3n) is 7.11. The van der Waals surface area contributed by atoms with E-state index in [0.717, 1.165) is 44.7 Å². The maximum atomic E-state index is 13.5. The van der Waals surface area contributed by atoms with Gasteiger partial charge in [0.2, 0.25) is 0 Å². The molecule has 4 rings (SSSR count). The molecule has 1 aliphatic rings. The van der Waals surface area contributed by atoms with E-state index < -0.39 is 28.6 Å². The van der Waals surface area contributed by atoms with Gasteiger partial charge in [-0.05, 0) is 66.8 Å². The van der Waals surface area contributed by atoms with Gasteiger partial charge in [0.1, 0.15) is 10.5 Å². The number of sulfone groups is 1. The van der Waals surface area contributed by atoms with Crippen LogP contribution in [-0.4, -0.2) is 41.4 Å². The van der Waals surface area contributed by atoms with Crippen LogP contribution in [0.5, 0.6) is 5.75 Å². The maximum Gasteiger partial charge on any atom is 0.307 e. The van der Waals surface area contributed by atoms with E-state index in [2.05, 4.69) is 43.9 Å². The Hall–Kier alpha value is -2.42. The number of esters is 1. The van der Waals surface area contributed by atoms with Gasteiger partial charge in [0, 0.05) is 17.8 Å². The molecule has 0 bridgehead atoms. The number of ether oxygens (including phenoxy) is 2. The number of benzene rings is 2. The Kier molecular flexibility index (Phi) is 8.84. The second kappa shape index (κ2) is 11.8. The molecule has 1 atom stereocenters. The molecule has 1 saturated heterocycles. The SMILES string of the molecule is CCOc1ccc(-c2ccc(-c3ccc([C@@]4(CC(=O)OCC[Si](C)(C)C)CCCCS4(=O)=O)s3)cc2)cc1. The summed E-state index contributed by atoms with van der Waals surface area (Å²) < 4.78 is 36.9. The summed E-state index contributed by atoms with van der Waals surface area (Å²) in [6, 6.07) is 21.1. The molecule has 38 heavy (non-hydrogen) atoms. The Morgan fingerprint density at radius 2 is 1.55 bits per heavy atom. The average molecular weight is 571 g/mol. The molecule has 0 amide bonds. The van der Waals surface area contributed by atoms with E-state index in [9.17, 15) is 13.2 Å². The highest BCUT2D eigenvalue weighted by atomic mass is 32.2. The van der Waals surface area contributed by atoms with Crippen molar-refractivity contribution in [1.29, 1.82) is 0 Å². The molecule has 1 fully saturated rings. The van der Waals surface area contributed by atoms with Crippen LogP contribution in [0.2, 0.25) is 25.7 Å². The van der Waals surface area contributed by atoms with E-state index in [1.54, 1.807) is 0 Å². The summed E-state index contributed by atoms with van der Waals surface area (Å²) in [7, 11) is -4.85. The standard InChI is InChI=1S/C30H38O5S2Si/c1-5-34-26-14-12-24(13-15-26)23-8-10-25(11-9-23)27-16-17-28(36-27)30(18-6-7-20-37(30,32)33)22-29(31)35-19-21-38(2,3)4/h8-17H,5-7,18-22H2,1-4H3/t30-/m0/s1. The Labute approximate surface area is 232 Å². The van der Waals surface area contributed by atoms with Crippen molar-refractivity contribution in [3.63, 3.8) is 0 Å². The lowest BCUT2D eigenvalue weighted by Gasteiger charge is -2.35. The van der Waals surface area contributed by atoms with Crippen LogP contribution in [0.15, 0.2) is 60.7 Å². The van der Waals surface area contributed by atoms with Crippen molar-refractivity contribution in [3.8, 4) is 27.3 Å². The highest BCUT2D eigenvalue weighted by Crippen LogP contribution is 2.47. The molecule has 0 aliphatic carbocycles. The average Bonchev–Trinajstić information content (AvgIpc) is 3.36. The Morgan fingerprint density at radius 1 is 0.921 bits per heavy atom. The first-order valence-corrected chi connectivity index (χ1v) is 19.5. The first-order valence-electron chi connectivity index (χ1n) is 13.3. The second-order valence-corrected chi connectivity index (χ2v) is 20.3. The lowest BCUT2D eigenvalue weighted by atomic mass is 9.95. The largest absolute Gasteiger partial charge is 0.494 e. The fourth-order valence-electron chi connectivity index (χ4n) is 4.85. The smallest absolute Gasteiger partial charge is 0.307 e. The van der Waals surface area contributed by atoms with Crippen molar-refractivity contribution >= 4 is 35.2 Å². The van der Waals surface area contributed by atoms with Gasteiger partial charge in [-0.2, -0.15) is 0 Å². The van der Waals surface area contributed by atoms with Crippen molar-refractivity contribution in [1.82, 2.24) is 0 Å². The molecule has 0 N–H and O–H groups in total. The molecule has 5 nitrogen and oxygen atoms in total. The van der Waals surface area contributed by atoms with E-state index in [1.807, 2.05) is 43.3 Å². The number of carbonyl (C=O) groups excluding carboxylic acids is 1. The van der Waals surface area contributed by atoms with E-state index >= 15 is 0 Å². The molecule has 0 saturated carbocycles. The summed E-state index contributed by atoms with van der Waals surface area (Å²) in [5.41, 5.74) is 3.23. The van der Waals surface area contributed by atoms with Crippen LogP contribution in [0.25, 0.3) is 21.6 Å². The predicted octanol–water partition coefficient (Wildman–Crippen LogP) is 7.55. The van der Waals surface area contributed by atoms with Crippen LogP contribution >= 0.6 is 11.3 Å². The molecule has 204 valence electrons. The molecule has 3 aromatic rings. The van der Waals surface area contributed by atoms with Gasteiger partial charge in [-0.3, -0.25) is 4.79 Å². The lowest BCUT2D eigenvalue weighted by Crippen LogP contribution is -2.42. The van der Waals surface area contributed by atoms with Crippen molar-refractivity contribution in [2.75, 3.05) is 19.0 Å². The minimum Gasteiger partial charge on any atom is -0.494 e. The van der Waals surface area contributed by atoms with Gasteiger partial charge >= 0.3 is 5.97 Å². The summed E-state index contributed by atoms with van der Waals surface area (Å²) in [5, 5.41) is 0. The fraction of sp³-hybridized carbons (Fsp3) is 0.433. The molecular formula is C30H38O5S2Si. The van der Waals surface area contributed by atoms with E-state index in [1.165, 1.54) is 11.3 Å². The first-order chi connectivity index (χ1) is 18.0. The Morgan fingerprint density at radius 3 is 2.16 bits per heavy atom. The van der Waals surface area contributed by atoms with E-state index in [4.69, 9.17) is 9.47 Å². The van der Waals surface area contributed by atoms with Gasteiger partial charge < -0.3 is 9.47 Å². The van der Waals surface area contributed by atoms with Crippen LogP contribution in [0, 0.1) is 0 Å². The van der Waals surface area contributed by atoms with Crippen LogP contribution in [0.4, 0.5) is 0 Å². The highest BCUT2D eigenvalue weighted by Gasteiger charge is 2.49. The molecule has 1 aromatic heterocycles. The van der Waals surface area contributed by atoms with Gasteiger partial charge in [-0.25, -0.2) is 8.42 Å². The summed E-state index contributed by atoms with van der Waals surface area (Å²) in [5.74, 6) is 0.549. The van der Waals surface area contributed by atoms with Gasteiger partial charge in [0.05, 0.1) is 25.4 Å². The minimum absolute atomic E-state index is 0.110. The van der Waals surface area contributed by atoms with E-state index in [-0.39, 0.29) is 12.2 Å². The Balaban J connectivity index is 1.56. The van der Waals surface area contributed by atoms with Crippen LogP contribution in [0.3, 0.4) is 0 Å². The van der Waals surface area contributed by atoms with Crippen molar-refractivity contribution < 1.29 is 22.7 Å². The lowest BCUT2D eigenvalue weighted by molar-refractivity contribution is -0.144. The highest BCUT2D eigenvalue weighted by molar-refractivity contribution is 7.92. The molecule has 0 radical (unpaired) electrons. The second-order valence-electron chi connectivity index (χ2n) is 11.2. The van der Waals surface area contributed by atoms with Gasteiger partial charge in [0.15, 0.2) is 9.84 Å². The fourth-order valence-corrected chi connectivity index (χ4v) is 9.33. The molecule has 1 aliphatic heterocycles. The molecule has 0 spiro atoms. The van der Waals surface area contributed by atoms with Crippen LogP contribution < -0.4 is 4.74 Å². The van der Waals surface area contributed by atoms with E-state index in [0.29, 0.717) is 26.1 Å². The summed E-state index contributed by atoms with van der Waals surface area (Å²) >= 11 is 1.48. The normalized spacial score (nSPS) is 19.2. The van der Waals surface area contributed by atoms with Crippen LogP contribution in [0.1, 0.15) is 37.5 Å². The Bertz CT molecular complexity index is 1340. The number of thiophene rings is 1. The van der Waals surface area contributed by atoms with Gasteiger partial charge in [0.25, 0.3) is 0 Å². The minimum atomic E-state index is -3.50. The zero-order valence-electron chi connectivity index (χ0n) is 22.8. The molecule has 2 heterocycles. The molecular weight excluding hydrogens is 533 g/mol. The van der Waals surface area contributed by atoms with Gasteiger partial charge in [-0.1, -0.05) is 62.5 Å². The molecule has 2 aromatic carbocycles. The maximum absolute atomic E-state index is 13.5. The van der Waals surface area contributed by atoms with Crippen molar-refractivity contribution in [2.45, 2.75) is 63.0 Å². The zero-order valence-corrected chi connectivity index (χ0v) is 25.4. The number of carbonyl (C=O) groups is 1. The third kappa shape index (κ3) is 6.58. The van der Waals surface area contributed by atoms with Crippen molar-refractivity contribution in [3.05, 3.63) is 65.5 Å². The quantitative estimate of drug-likeness (QED) is 0.186. The van der Waals surface area contributed by atoms with Crippen LogP contribution in [-0.2, 0) is 24.1 Å². The predicted molar refractivity (Wildman–Crippen MR) is 159 cm³/mol. The molecule has 8 heteroatoms. The zero-order chi connectivity index (χ0) is 27.4. The van der Waals surface area contributed by atoms with Crippen molar-refractivity contribution in [2.24, 2.45) is 0 Å². The number of rotatable bonds is 10. The topological polar surface area (TPSA) is 69.7 Å². The summed E-state index contributed by atoms with van der Waals surface area (Å²) in [6.07, 6.45) is 1.76. The monoisotopic (exact) mass is 570 g/mol. The summed E-state index contributed by atoms with van der Waals surface area (Å²) in [4.78, 5) is 14.6. The first kappa shape index (κ1) is 28.6. The molecule has 0 unspecified atom stereocenters. The number of hydrogen-bond donors (Lipinski definition) is 0. The van der Waals surface area contributed by atoms with Gasteiger partial charge in [-0.15, -0.1) is 11.3 Å².